The molecule has 1 N–H and O–H groups in total. The Labute approximate surface area is 213 Å². The number of morpholine rings is 1. The van der Waals surface area contributed by atoms with Gasteiger partial charge in [0.25, 0.3) is 5.91 Å². The van der Waals surface area contributed by atoms with Crippen LogP contribution in [0.3, 0.4) is 0 Å². The zero-order chi connectivity index (χ0) is 25.8. The molecule has 8 nitrogen and oxygen atoms in total. The number of anilines is 2. The van der Waals surface area contributed by atoms with Crippen LogP contribution in [-0.4, -0.2) is 44.8 Å². The van der Waals surface area contributed by atoms with Crippen molar-refractivity contribution >= 4 is 34.2 Å². The van der Waals surface area contributed by atoms with E-state index < -0.39 is 11.6 Å². The second-order valence-corrected chi connectivity index (χ2v) is 8.57. The molecule has 4 aromatic rings. The van der Waals surface area contributed by atoms with E-state index in [2.05, 4.69) is 10.2 Å². The lowest BCUT2D eigenvalue weighted by molar-refractivity contribution is 0.0526. The summed E-state index contributed by atoms with van der Waals surface area (Å²) in [6, 6.07) is 21.0. The topological polar surface area (TPSA) is 98.1 Å². The monoisotopic (exact) mass is 498 g/mol. The van der Waals surface area contributed by atoms with Crippen LogP contribution in [0.15, 0.2) is 82.0 Å². The summed E-state index contributed by atoms with van der Waals surface area (Å²) in [6.45, 7) is 4.50. The molecular formula is C29H26N2O6. The van der Waals surface area contributed by atoms with Crippen molar-refractivity contribution in [1.82, 2.24) is 0 Å². The number of hydrogen-bond acceptors (Lipinski definition) is 7. The Kier molecular flexibility index (Phi) is 7.00. The van der Waals surface area contributed by atoms with E-state index in [1.807, 2.05) is 24.3 Å². The van der Waals surface area contributed by atoms with Crippen molar-refractivity contribution in [2.75, 3.05) is 43.1 Å². The lowest BCUT2D eigenvalue weighted by Gasteiger charge is -2.30. The molecule has 1 aliphatic rings. The van der Waals surface area contributed by atoms with Gasteiger partial charge in [-0.3, -0.25) is 4.79 Å². The number of para-hydroxylation sites is 1. The van der Waals surface area contributed by atoms with Crippen LogP contribution in [0.1, 0.15) is 27.6 Å². The minimum absolute atomic E-state index is 0.250. The van der Waals surface area contributed by atoms with Gasteiger partial charge in [0, 0.05) is 29.7 Å². The van der Waals surface area contributed by atoms with E-state index in [4.69, 9.17) is 13.9 Å². The minimum Gasteiger partial charge on any atom is -0.462 e. The summed E-state index contributed by atoms with van der Waals surface area (Å²) in [7, 11) is 0. The van der Waals surface area contributed by atoms with Gasteiger partial charge in [-0.1, -0.05) is 30.3 Å². The normalized spacial score (nSPS) is 13.4. The van der Waals surface area contributed by atoms with Crippen LogP contribution in [0.25, 0.3) is 22.1 Å². The molecule has 0 spiro atoms. The summed E-state index contributed by atoms with van der Waals surface area (Å²) in [5.41, 5.74) is 3.17. The minimum atomic E-state index is -0.446. The zero-order valence-corrected chi connectivity index (χ0v) is 20.4. The molecule has 188 valence electrons. The second-order valence-electron chi connectivity index (χ2n) is 8.57. The van der Waals surface area contributed by atoms with Crippen molar-refractivity contribution in [3.63, 3.8) is 0 Å². The highest BCUT2D eigenvalue weighted by Crippen LogP contribution is 2.27. The Bertz CT molecular complexity index is 1500. The molecular weight excluding hydrogens is 472 g/mol. The van der Waals surface area contributed by atoms with Gasteiger partial charge in [-0.25, -0.2) is 9.59 Å². The SMILES string of the molecule is CCOC(=O)c1cc(NC(=O)c2ccc(-c3cc4ccccc4oc3=O)cc2)ccc1N1CCOCC1. The number of nitrogens with zero attached hydrogens (tertiary/aromatic N) is 1. The fraction of sp³-hybridized carbons (Fsp3) is 0.207. The number of ether oxygens (including phenoxy) is 2. The predicted molar refractivity (Wildman–Crippen MR) is 141 cm³/mol. The maximum Gasteiger partial charge on any atom is 0.344 e. The summed E-state index contributed by atoms with van der Waals surface area (Å²) in [5.74, 6) is -0.787. The highest BCUT2D eigenvalue weighted by molar-refractivity contribution is 6.06. The number of carbonyl (C=O) groups is 2. The molecule has 0 saturated carbocycles. The highest BCUT2D eigenvalue weighted by atomic mass is 16.5. The first-order valence-corrected chi connectivity index (χ1v) is 12.1. The maximum absolute atomic E-state index is 13.0. The fourth-order valence-electron chi connectivity index (χ4n) is 4.33. The highest BCUT2D eigenvalue weighted by Gasteiger charge is 2.21. The van der Waals surface area contributed by atoms with Crippen molar-refractivity contribution in [2.45, 2.75) is 6.92 Å². The van der Waals surface area contributed by atoms with Crippen LogP contribution in [0, 0.1) is 0 Å². The number of fused-ring (bicyclic) bond motifs is 1. The quantitative estimate of drug-likeness (QED) is 0.303. The molecule has 2 heterocycles. The molecule has 5 rings (SSSR count). The third kappa shape index (κ3) is 5.24. The zero-order valence-electron chi connectivity index (χ0n) is 20.4. The molecule has 0 unspecified atom stereocenters. The number of amides is 1. The Morgan fingerprint density at radius 3 is 2.49 bits per heavy atom. The molecule has 1 amide bonds. The van der Waals surface area contributed by atoms with Gasteiger partial charge in [0.2, 0.25) is 0 Å². The Morgan fingerprint density at radius 1 is 0.973 bits per heavy atom. The second kappa shape index (κ2) is 10.7. The van der Waals surface area contributed by atoms with Crippen LogP contribution in [-0.2, 0) is 9.47 Å². The largest absolute Gasteiger partial charge is 0.462 e. The average Bonchev–Trinajstić information content (AvgIpc) is 2.93. The first-order chi connectivity index (χ1) is 18.0. The molecule has 37 heavy (non-hydrogen) atoms. The predicted octanol–water partition coefficient (Wildman–Crippen LogP) is 4.73. The summed E-state index contributed by atoms with van der Waals surface area (Å²) in [4.78, 5) is 40.2. The Morgan fingerprint density at radius 2 is 1.73 bits per heavy atom. The van der Waals surface area contributed by atoms with E-state index in [1.54, 1.807) is 55.5 Å². The fourth-order valence-corrected chi connectivity index (χ4v) is 4.33. The van der Waals surface area contributed by atoms with Gasteiger partial charge in [-0.05, 0) is 55.0 Å². The molecule has 0 aliphatic carbocycles. The summed E-state index contributed by atoms with van der Waals surface area (Å²) < 4.78 is 16.1. The van der Waals surface area contributed by atoms with Gasteiger partial charge >= 0.3 is 11.6 Å². The average molecular weight is 499 g/mol. The molecule has 0 atom stereocenters. The van der Waals surface area contributed by atoms with Crippen LogP contribution < -0.4 is 15.8 Å². The number of rotatable bonds is 6. The van der Waals surface area contributed by atoms with Crippen molar-refractivity contribution in [1.29, 1.82) is 0 Å². The van der Waals surface area contributed by atoms with E-state index in [9.17, 15) is 14.4 Å². The van der Waals surface area contributed by atoms with Gasteiger partial charge in [-0.2, -0.15) is 0 Å². The Balaban J connectivity index is 1.37. The molecule has 1 saturated heterocycles. The summed E-state index contributed by atoms with van der Waals surface area (Å²) in [5, 5.41) is 3.67. The molecule has 1 aromatic heterocycles. The third-order valence-electron chi connectivity index (χ3n) is 6.20. The Hall–Kier alpha value is -4.43. The summed E-state index contributed by atoms with van der Waals surface area (Å²) in [6.07, 6.45) is 0. The van der Waals surface area contributed by atoms with E-state index in [0.29, 0.717) is 59.8 Å². The maximum atomic E-state index is 13.0. The van der Waals surface area contributed by atoms with Gasteiger partial charge < -0.3 is 24.1 Å². The number of carbonyl (C=O) groups excluding carboxylic acids is 2. The van der Waals surface area contributed by atoms with Crippen molar-refractivity contribution in [3.05, 3.63) is 94.3 Å². The van der Waals surface area contributed by atoms with E-state index >= 15 is 0 Å². The molecule has 3 aromatic carbocycles. The third-order valence-corrected chi connectivity index (χ3v) is 6.20. The number of hydrogen-bond donors (Lipinski definition) is 1. The standard InChI is InChI=1S/C29H26N2O6/c1-2-36-28(33)24-18-22(11-12-25(24)31-13-15-35-16-14-31)30-27(32)20-9-7-19(8-10-20)23-17-21-5-3-4-6-26(21)37-29(23)34/h3-12,17-18H,2,13-16H2,1H3,(H,30,32). The van der Waals surface area contributed by atoms with Gasteiger partial charge in [-0.15, -0.1) is 0 Å². The van der Waals surface area contributed by atoms with Gasteiger partial charge in [0.05, 0.1) is 36.6 Å². The number of nitrogens with one attached hydrogen (secondary N) is 1. The number of benzene rings is 3. The van der Waals surface area contributed by atoms with Crippen LogP contribution in [0.5, 0.6) is 0 Å². The van der Waals surface area contributed by atoms with Crippen LogP contribution >= 0.6 is 0 Å². The molecule has 1 aliphatic heterocycles. The molecule has 0 radical (unpaired) electrons. The summed E-state index contributed by atoms with van der Waals surface area (Å²) >= 11 is 0. The lowest BCUT2D eigenvalue weighted by Crippen LogP contribution is -2.37. The lowest BCUT2D eigenvalue weighted by atomic mass is 10.0. The first kappa shape index (κ1) is 24.3. The van der Waals surface area contributed by atoms with Crippen molar-refractivity contribution in [3.8, 4) is 11.1 Å². The molecule has 8 heteroatoms. The van der Waals surface area contributed by atoms with E-state index in [-0.39, 0.29) is 12.5 Å². The van der Waals surface area contributed by atoms with Gasteiger partial charge in [0.1, 0.15) is 5.58 Å². The van der Waals surface area contributed by atoms with E-state index in [0.717, 1.165) is 11.1 Å². The van der Waals surface area contributed by atoms with E-state index in [1.165, 1.54) is 0 Å². The number of esters is 1. The first-order valence-electron chi connectivity index (χ1n) is 12.1. The van der Waals surface area contributed by atoms with Crippen molar-refractivity contribution in [2.24, 2.45) is 0 Å². The molecule has 0 bridgehead atoms. The van der Waals surface area contributed by atoms with Crippen molar-refractivity contribution < 1.29 is 23.5 Å². The molecule has 1 fully saturated rings. The van der Waals surface area contributed by atoms with Crippen LogP contribution in [0.4, 0.5) is 11.4 Å². The van der Waals surface area contributed by atoms with Crippen LogP contribution in [0.2, 0.25) is 0 Å². The van der Waals surface area contributed by atoms with Gasteiger partial charge in [0.15, 0.2) is 0 Å². The smallest absolute Gasteiger partial charge is 0.344 e.